The number of phenolic OH excluding ortho intramolecular Hbond substituents is 2. The second-order valence-corrected chi connectivity index (χ2v) is 6.77. The van der Waals surface area contributed by atoms with Crippen LogP contribution in [0.4, 0.5) is 11.5 Å². The molecule has 0 atom stereocenters. The van der Waals surface area contributed by atoms with Gasteiger partial charge in [0.05, 0.1) is 11.4 Å². The lowest BCUT2D eigenvalue weighted by Gasteiger charge is -2.20. The van der Waals surface area contributed by atoms with Crippen LogP contribution in [0, 0.1) is 0 Å². The van der Waals surface area contributed by atoms with Crippen molar-refractivity contribution in [2.24, 2.45) is 0 Å². The van der Waals surface area contributed by atoms with Crippen molar-refractivity contribution in [3.63, 3.8) is 0 Å². The van der Waals surface area contributed by atoms with Gasteiger partial charge in [0.1, 0.15) is 17.4 Å². The van der Waals surface area contributed by atoms with E-state index in [4.69, 9.17) is 5.73 Å². The van der Waals surface area contributed by atoms with Gasteiger partial charge >= 0.3 is 0 Å². The van der Waals surface area contributed by atoms with Crippen LogP contribution in [0.3, 0.4) is 0 Å². The third kappa shape index (κ3) is 3.76. The Balaban J connectivity index is 1.74. The van der Waals surface area contributed by atoms with Gasteiger partial charge in [0.25, 0.3) is 0 Å². The zero-order valence-corrected chi connectivity index (χ0v) is 16.5. The Bertz CT molecular complexity index is 1270. The number of fused-ring (bicyclic) bond motifs is 1. The lowest BCUT2D eigenvalue weighted by Crippen LogP contribution is -2.31. The minimum absolute atomic E-state index is 0.221. The van der Waals surface area contributed by atoms with E-state index in [0.29, 0.717) is 35.4 Å². The molecule has 4 rings (SSSR count). The fourth-order valence-corrected chi connectivity index (χ4v) is 3.33. The van der Waals surface area contributed by atoms with E-state index in [1.165, 1.54) is 29.2 Å². The molecule has 0 radical (unpaired) electrons. The molecule has 0 saturated heterocycles. The molecule has 2 heterocycles. The number of aromatic hydroxyl groups is 2. The first-order chi connectivity index (χ1) is 15.0. The van der Waals surface area contributed by atoms with E-state index in [1.807, 2.05) is 30.3 Å². The highest BCUT2D eigenvalue weighted by Gasteiger charge is 2.19. The van der Waals surface area contributed by atoms with Crippen molar-refractivity contribution >= 4 is 28.4 Å². The first kappa shape index (κ1) is 19.9. The number of aromatic nitrogens is 4. The molecule has 0 fully saturated rings. The van der Waals surface area contributed by atoms with Gasteiger partial charge in [0, 0.05) is 24.7 Å². The Labute approximate surface area is 177 Å². The van der Waals surface area contributed by atoms with Crippen LogP contribution < -0.4 is 10.6 Å². The van der Waals surface area contributed by atoms with Crippen LogP contribution in [-0.2, 0) is 11.2 Å². The molecular weight excluding hydrogens is 396 g/mol. The van der Waals surface area contributed by atoms with E-state index in [2.05, 4.69) is 21.6 Å². The summed E-state index contributed by atoms with van der Waals surface area (Å²) in [4.78, 5) is 22.4. The number of rotatable bonds is 6. The second kappa shape index (κ2) is 8.15. The largest absolute Gasteiger partial charge is 0.504 e. The van der Waals surface area contributed by atoms with Gasteiger partial charge in [-0.3, -0.25) is 4.79 Å². The van der Waals surface area contributed by atoms with Crippen molar-refractivity contribution in [2.45, 2.75) is 6.42 Å². The van der Waals surface area contributed by atoms with E-state index >= 15 is 0 Å². The number of para-hydroxylation sites is 1. The third-order valence-corrected chi connectivity index (χ3v) is 4.84. The van der Waals surface area contributed by atoms with Crippen LogP contribution in [0.25, 0.3) is 16.7 Å². The molecule has 0 saturated carbocycles. The summed E-state index contributed by atoms with van der Waals surface area (Å²) in [6.07, 6.45) is 3.01. The first-order valence-electron chi connectivity index (χ1n) is 9.49. The van der Waals surface area contributed by atoms with E-state index in [9.17, 15) is 15.0 Å². The maximum atomic E-state index is 12.4. The molecule has 0 spiro atoms. The number of phenols is 2. The van der Waals surface area contributed by atoms with Gasteiger partial charge in [-0.15, -0.1) is 0 Å². The summed E-state index contributed by atoms with van der Waals surface area (Å²) in [5, 5.41) is 24.1. The van der Waals surface area contributed by atoms with Gasteiger partial charge in [0.15, 0.2) is 17.3 Å². The van der Waals surface area contributed by atoms with Crippen molar-refractivity contribution in [3.05, 3.63) is 73.2 Å². The van der Waals surface area contributed by atoms with Gasteiger partial charge in [-0.05, 0) is 30.3 Å². The molecule has 2 aromatic carbocycles. The minimum atomic E-state index is -0.287. The number of nitrogens with zero attached hydrogens (tertiary/aromatic N) is 5. The van der Waals surface area contributed by atoms with Crippen molar-refractivity contribution < 1.29 is 15.0 Å². The Morgan fingerprint density at radius 1 is 1.13 bits per heavy atom. The number of amides is 1. The minimum Gasteiger partial charge on any atom is -0.504 e. The third-order valence-electron chi connectivity index (χ3n) is 4.84. The summed E-state index contributed by atoms with van der Waals surface area (Å²) in [6.45, 7) is 3.93. The van der Waals surface area contributed by atoms with E-state index in [0.717, 1.165) is 5.69 Å². The van der Waals surface area contributed by atoms with Crippen molar-refractivity contribution in [3.8, 4) is 17.2 Å². The van der Waals surface area contributed by atoms with E-state index < -0.39 is 0 Å². The van der Waals surface area contributed by atoms with Crippen LogP contribution in [0.2, 0.25) is 0 Å². The van der Waals surface area contributed by atoms with Crippen LogP contribution in [0.15, 0.2) is 67.5 Å². The highest BCUT2D eigenvalue weighted by Crippen LogP contribution is 2.30. The Morgan fingerprint density at radius 2 is 1.90 bits per heavy atom. The summed E-state index contributed by atoms with van der Waals surface area (Å²) in [7, 11) is 0. The lowest BCUT2D eigenvalue weighted by molar-refractivity contribution is -0.114. The molecule has 9 nitrogen and oxygen atoms in total. The molecule has 2 aromatic heterocycles. The number of carbonyl (C=O) groups excluding carboxylic acids is 1. The van der Waals surface area contributed by atoms with Gasteiger partial charge < -0.3 is 20.8 Å². The lowest BCUT2D eigenvalue weighted by atomic mass is 10.2. The SMILES string of the molecule is C=CC(=O)N(CCc1nn(-c2ccc(O)c(O)c2)c2c(N)ncnc12)c1ccccc1. The molecular formula is C22H20N6O3. The van der Waals surface area contributed by atoms with Gasteiger partial charge in [-0.1, -0.05) is 24.8 Å². The molecule has 156 valence electrons. The predicted octanol–water partition coefficient (Wildman–Crippen LogP) is 2.57. The highest BCUT2D eigenvalue weighted by molar-refractivity contribution is 6.01. The van der Waals surface area contributed by atoms with Gasteiger partial charge in [-0.2, -0.15) is 5.10 Å². The number of hydrogen-bond acceptors (Lipinski definition) is 7. The maximum absolute atomic E-state index is 12.4. The number of carbonyl (C=O) groups is 1. The summed E-state index contributed by atoms with van der Waals surface area (Å²) >= 11 is 0. The van der Waals surface area contributed by atoms with Crippen LogP contribution in [-0.4, -0.2) is 42.4 Å². The van der Waals surface area contributed by atoms with Crippen molar-refractivity contribution in [2.75, 3.05) is 17.2 Å². The van der Waals surface area contributed by atoms with Crippen LogP contribution in [0.1, 0.15) is 5.69 Å². The monoisotopic (exact) mass is 416 g/mol. The van der Waals surface area contributed by atoms with Crippen molar-refractivity contribution in [1.29, 1.82) is 0 Å². The molecule has 0 aliphatic rings. The topological polar surface area (TPSA) is 130 Å². The number of hydrogen-bond donors (Lipinski definition) is 3. The van der Waals surface area contributed by atoms with Crippen LogP contribution >= 0.6 is 0 Å². The average Bonchev–Trinajstić information content (AvgIpc) is 3.16. The normalized spacial score (nSPS) is 10.8. The Hall–Kier alpha value is -4.40. The zero-order chi connectivity index (χ0) is 22.0. The Morgan fingerprint density at radius 3 is 2.61 bits per heavy atom. The number of anilines is 2. The fraction of sp³-hybridized carbons (Fsp3) is 0.0909. The first-order valence-corrected chi connectivity index (χ1v) is 9.49. The summed E-state index contributed by atoms with van der Waals surface area (Å²) in [5.41, 5.74) is 8.94. The number of nitrogen functional groups attached to an aromatic ring is 1. The molecule has 0 unspecified atom stereocenters. The highest BCUT2D eigenvalue weighted by atomic mass is 16.3. The number of benzene rings is 2. The van der Waals surface area contributed by atoms with E-state index in [1.54, 1.807) is 11.0 Å². The molecule has 0 bridgehead atoms. The molecule has 0 aliphatic heterocycles. The predicted molar refractivity (Wildman–Crippen MR) is 117 cm³/mol. The summed E-state index contributed by atoms with van der Waals surface area (Å²) < 4.78 is 1.52. The van der Waals surface area contributed by atoms with E-state index in [-0.39, 0.29) is 23.2 Å². The van der Waals surface area contributed by atoms with Gasteiger partial charge in [-0.25, -0.2) is 14.6 Å². The van der Waals surface area contributed by atoms with Gasteiger partial charge in [0.2, 0.25) is 5.91 Å². The fourth-order valence-electron chi connectivity index (χ4n) is 3.33. The standard InChI is InChI=1S/C22H20N6O3/c1-2-19(31)27(14-6-4-3-5-7-14)11-10-16-20-21(22(23)25-13-24-20)28(26-16)15-8-9-17(29)18(30)12-15/h2-9,12-13,29-30H,1,10-11H2,(H2,23,24,25). The summed E-state index contributed by atoms with van der Waals surface area (Å²) in [5.74, 6) is -0.540. The summed E-state index contributed by atoms with van der Waals surface area (Å²) in [6, 6.07) is 13.6. The molecule has 4 aromatic rings. The molecule has 31 heavy (non-hydrogen) atoms. The molecule has 9 heteroatoms. The average molecular weight is 416 g/mol. The number of nitrogens with two attached hydrogens (primary N) is 1. The smallest absolute Gasteiger partial charge is 0.250 e. The Kier molecular flexibility index (Phi) is 5.23. The molecule has 1 amide bonds. The maximum Gasteiger partial charge on any atom is 0.250 e. The van der Waals surface area contributed by atoms with Crippen LogP contribution in [0.5, 0.6) is 11.5 Å². The van der Waals surface area contributed by atoms with Crippen molar-refractivity contribution in [1.82, 2.24) is 19.7 Å². The molecule has 0 aliphatic carbocycles. The molecule has 4 N–H and O–H groups in total. The zero-order valence-electron chi connectivity index (χ0n) is 16.5. The quantitative estimate of drug-likeness (QED) is 0.325. The second-order valence-electron chi connectivity index (χ2n) is 6.77.